The summed E-state index contributed by atoms with van der Waals surface area (Å²) in [5.74, 6) is -1.46. The summed E-state index contributed by atoms with van der Waals surface area (Å²) in [4.78, 5) is 34.2. The number of hydrogen-bond donors (Lipinski definition) is 2. The second-order valence-electron chi connectivity index (χ2n) is 4.01. The monoisotopic (exact) mass is 332 g/mol. The van der Waals surface area contributed by atoms with E-state index < -0.39 is 24.5 Å². The third kappa shape index (κ3) is 6.01. The zero-order valence-electron chi connectivity index (χ0n) is 11.2. The van der Waals surface area contributed by atoms with E-state index in [0.29, 0.717) is 11.6 Å². The van der Waals surface area contributed by atoms with Crippen LogP contribution in [0, 0.1) is 0 Å². The topological polar surface area (TPSA) is 84.5 Å². The van der Waals surface area contributed by atoms with E-state index in [1.54, 1.807) is 0 Å². The Morgan fingerprint density at radius 3 is 2.52 bits per heavy atom. The number of esters is 1. The minimum absolute atomic E-state index is 0.160. The number of halogens is 2. The molecule has 8 heteroatoms. The summed E-state index contributed by atoms with van der Waals surface area (Å²) in [7, 11) is 0. The molecule has 0 aliphatic heterocycles. The number of urea groups is 1. The van der Waals surface area contributed by atoms with Crippen LogP contribution < -0.4 is 10.6 Å². The number of rotatable bonds is 5. The summed E-state index contributed by atoms with van der Waals surface area (Å²) < 4.78 is 4.76. The van der Waals surface area contributed by atoms with Crippen LogP contribution >= 0.6 is 23.2 Å². The highest BCUT2D eigenvalue weighted by molar-refractivity contribution is 6.42. The Morgan fingerprint density at radius 1 is 1.19 bits per heavy atom. The van der Waals surface area contributed by atoms with E-state index in [0.717, 1.165) is 6.42 Å². The Balaban J connectivity index is 2.43. The largest absolute Gasteiger partial charge is 0.452 e. The van der Waals surface area contributed by atoms with Gasteiger partial charge in [0.15, 0.2) is 6.61 Å². The van der Waals surface area contributed by atoms with Crippen molar-refractivity contribution in [1.29, 1.82) is 0 Å². The van der Waals surface area contributed by atoms with Gasteiger partial charge in [0, 0.05) is 6.54 Å². The second-order valence-corrected chi connectivity index (χ2v) is 4.82. The molecule has 0 aromatic heterocycles. The Labute approximate surface area is 131 Å². The number of carbonyl (C=O) groups is 3. The Hall–Kier alpha value is -1.79. The standard InChI is InChI=1S/C13H14Cl2N2O4/c1-2-5-16-13(20)17-11(18)7-21-12(19)8-3-4-9(14)10(15)6-8/h3-4,6H,2,5,7H2,1H3,(H2,16,17,18,20). The molecule has 1 rings (SSSR count). The van der Waals surface area contributed by atoms with Crippen molar-refractivity contribution in [2.45, 2.75) is 13.3 Å². The van der Waals surface area contributed by atoms with Gasteiger partial charge in [0.2, 0.25) is 0 Å². The predicted octanol–water partition coefficient (Wildman–Crippen LogP) is 2.39. The van der Waals surface area contributed by atoms with Crippen LogP contribution in [-0.4, -0.2) is 31.1 Å². The average molecular weight is 333 g/mol. The summed E-state index contributed by atoms with van der Waals surface area (Å²) in [5, 5.41) is 4.99. The number of nitrogens with one attached hydrogen (secondary N) is 2. The molecule has 2 N–H and O–H groups in total. The van der Waals surface area contributed by atoms with Crippen molar-refractivity contribution in [2.24, 2.45) is 0 Å². The maximum Gasteiger partial charge on any atom is 0.338 e. The van der Waals surface area contributed by atoms with E-state index in [1.807, 2.05) is 12.2 Å². The van der Waals surface area contributed by atoms with Gasteiger partial charge in [-0.25, -0.2) is 9.59 Å². The summed E-state index contributed by atoms with van der Waals surface area (Å²) in [5.41, 5.74) is 0.160. The molecule has 0 spiro atoms. The number of ether oxygens (including phenoxy) is 1. The fraction of sp³-hybridized carbons (Fsp3) is 0.308. The lowest BCUT2D eigenvalue weighted by atomic mass is 10.2. The van der Waals surface area contributed by atoms with Crippen molar-refractivity contribution >= 4 is 41.1 Å². The van der Waals surface area contributed by atoms with E-state index >= 15 is 0 Å². The lowest BCUT2D eigenvalue weighted by Crippen LogP contribution is -2.41. The lowest BCUT2D eigenvalue weighted by molar-refractivity contribution is -0.123. The molecule has 6 nitrogen and oxygen atoms in total. The number of amides is 3. The third-order valence-corrected chi connectivity index (χ3v) is 3.02. The van der Waals surface area contributed by atoms with Crippen molar-refractivity contribution < 1.29 is 19.1 Å². The van der Waals surface area contributed by atoms with Gasteiger partial charge < -0.3 is 10.1 Å². The molecule has 0 unspecified atom stereocenters. The quantitative estimate of drug-likeness (QED) is 0.811. The molecule has 114 valence electrons. The first kappa shape index (κ1) is 17.3. The first-order valence-corrected chi connectivity index (χ1v) is 6.89. The fourth-order valence-electron chi connectivity index (χ4n) is 1.28. The van der Waals surface area contributed by atoms with Gasteiger partial charge in [-0.3, -0.25) is 10.1 Å². The van der Waals surface area contributed by atoms with E-state index in [9.17, 15) is 14.4 Å². The summed E-state index contributed by atoms with van der Waals surface area (Å²) in [6, 6.07) is 3.56. The van der Waals surface area contributed by atoms with Gasteiger partial charge in [-0.2, -0.15) is 0 Å². The Bertz CT molecular complexity index is 549. The SMILES string of the molecule is CCCNC(=O)NC(=O)COC(=O)c1ccc(Cl)c(Cl)c1. The number of hydrogen-bond acceptors (Lipinski definition) is 4. The van der Waals surface area contributed by atoms with E-state index in [2.05, 4.69) is 5.32 Å². The van der Waals surface area contributed by atoms with Crippen molar-refractivity contribution in [3.05, 3.63) is 33.8 Å². The lowest BCUT2D eigenvalue weighted by Gasteiger charge is -2.07. The van der Waals surface area contributed by atoms with Crippen molar-refractivity contribution in [1.82, 2.24) is 10.6 Å². The Kier molecular flexibility index (Phi) is 6.98. The molecule has 3 amide bonds. The van der Waals surface area contributed by atoms with E-state index in [-0.39, 0.29) is 10.6 Å². The first-order valence-electron chi connectivity index (χ1n) is 6.14. The van der Waals surface area contributed by atoms with Gasteiger partial charge in [-0.1, -0.05) is 30.1 Å². The molecule has 0 radical (unpaired) electrons. The van der Waals surface area contributed by atoms with E-state index in [1.165, 1.54) is 18.2 Å². The van der Waals surface area contributed by atoms with Gasteiger partial charge in [0.25, 0.3) is 5.91 Å². The molecule has 0 bridgehead atoms. The van der Waals surface area contributed by atoms with Crippen LogP contribution in [0.2, 0.25) is 10.0 Å². The van der Waals surface area contributed by atoms with Gasteiger partial charge in [-0.05, 0) is 24.6 Å². The molecule has 0 aliphatic carbocycles. The van der Waals surface area contributed by atoms with Crippen LogP contribution in [0.25, 0.3) is 0 Å². The zero-order valence-corrected chi connectivity index (χ0v) is 12.8. The van der Waals surface area contributed by atoms with Crippen molar-refractivity contribution in [3.8, 4) is 0 Å². The summed E-state index contributed by atoms with van der Waals surface area (Å²) in [6.07, 6.45) is 0.744. The van der Waals surface area contributed by atoms with Crippen molar-refractivity contribution in [3.63, 3.8) is 0 Å². The molecule has 0 fully saturated rings. The molecule has 1 aromatic carbocycles. The molecular formula is C13H14Cl2N2O4. The highest BCUT2D eigenvalue weighted by Gasteiger charge is 2.13. The molecular weight excluding hydrogens is 319 g/mol. The van der Waals surface area contributed by atoms with Crippen LogP contribution in [0.5, 0.6) is 0 Å². The second kappa shape index (κ2) is 8.49. The van der Waals surface area contributed by atoms with Gasteiger partial charge >= 0.3 is 12.0 Å². The zero-order chi connectivity index (χ0) is 15.8. The average Bonchev–Trinajstić information content (AvgIpc) is 2.45. The predicted molar refractivity (Wildman–Crippen MR) is 78.6 cm³/mol. The van der Waals surface area contributed by atoms with Crippen LogP contribution in [0.1, 0.15) is 23.7 Å². The number of carbonyl (C=O) groups excluding carboxylic acids is 3. The Morgan fingerprint density at radius 2 is 1.90 bits per heavy atom. The molecule has 0 saturated heterocycles. The molecule has 1 aromatic rings. The molecule has 0 aliphatic rings. The summed E-state index contributed by atoms with van der Waals surface area (Å²) >= 11 is 11.5. The maximum atomic E-state index is 11.7. The van der Waals surface area contributed by atoms with E-state index in [4.69, 9.17) is 27.9 Å². The number of benzene rings is 1. The fourth-order valence-corrected chi connectivity index (χ4v) is 1.58. The third-order valence-electron chi connectivity index (χ3n) is 2.28. The van der Waals surface area contributed by atoms with Crippen LogP contribution in [0.4, 0.5) is 4.79 Å². The molecule has 0 heterocycles. The highest BCUT2D eigenvalue weighted by atomic mass is 35.5. The minimum Gasteiger partial charge on any atom is -0.452 e. The summed E-state index contributed by atoms with van der Waals surface area (Å²) in [6.45, 7) is 1.75. The van der Waals surface area contributed by atoms with Crippen LogP contribution in [0.15, 0.2) is 18.2 Å². The molecule has 21 heavy (non-hydrogen) atoms. The van der Waals surface area contributed by atoms with Crippen LogP contribution in [0.3, 0.4) is 0 Å². The first-order chi connectivity index (χ1) is 9.93. The van der Waals surface area contributed by atoms with Crippen LogP contribution in [-0.2, 0) is 9.53 Å². The molecule has 0 atom stereocenters. The smallest absolute Gasteiger partial charge is 0.338 e. The minimum atomic E-state index is -0.738. The molecule has 0 saturated carbocycles. The van der Waals surface area contributed by atoms with Gasteiger partial charge in [0.1, 0.15) is 0 Å². The van der Waals surface area contributed by atoms with Gasteiger partial charge in [0.05, 0.1) is 15.6 Å². The highest BCUT2D eigenvalue weighted by Crippen LogP contribution is 2.22. The normalized spacial score (nSPS) is 9.86. The number of imide groups is 1. The maximum absolute atomic E-state index is 11.7. The van der Waals surface area contributed by atoms with Crippen molar-refractivity contribution in [2.75, 3.05) is 13.2 Å². The van der Waals surface area contributed by atoms with Gasteiger partial charge in [-0.15, -0.1) is 0 Å².